The van der Waals surface area contributed by atoms with Crippen LogP contribution >= 0.6 is 11.8 Å². The summed E-state index contributed by atoms with van der Waals surface area (Å²) in [7, 11) is 0. The summed E-state index contributed by atoms with van der Waals surface area (Å²) in [5.74, 6) is -0.774. The lowest BCUT2D eigenvalue weighted by Gasteiger charge is -2.31. The first-order chi connectivity index (χ1) is 9.13. The molecule has 2 atom stereocenters. The van der Waals surface area contributed by atoms with Gasteiger partial charge in [0.15, 0.2) is 0 Å². The minimum absolute atomic E-state index is 0.0343. The van der Waals surface area contributed by atoms with Gasteiger partial charge in [0.25, 0.3) is 5.91 Å². The zero-order chi connectivity index (χ0) is 13.8. The Kier molecular flexibility index (Phi) is 4.58. The van der Waals surface area contributed by atoms with Crippen molar-refractivity contribution in [1.82, 2.24) is 5.32 Å². The third-order valence-electron chi connectivity index (χ3n) is 3.57. The van der Waals surface area contributed by atoms with Crippen molar-refractivity contribution in [3.05, 3.63) is 23.8 Å². The van der Waals surface area contributed by atoms with Crippen LogP contribution in [0.3, 0.4) is 0 Å². The number of nitrogens with one attached hydrogen (secondary N) is 1. The van der Waals surface area contributed by atoms with Gasteiger partial charge in [-0.3, -0.25) is 4.79 Å². The van der Waals surface area contributed by atoms with Gasteiger partial charge in [-0.25, -0.2) is 0 Å². The minimum Gasteiger partial charge on any atom is -0.507 e. The van der Waals surface area contributed by atoms with E-state index in [0.717, 1.165) is 19.3 Å². The maximum absolute atomic E-state index is 12.2. The fourth-order valence-corrected chi connectivity index (χ4v) is 3.48. The Labute approximate surface area is 117 Å². The van der Waals surface area contributed by atoms with Crippen LogP contribution in [0.1, 0.15) is 36.0 Å². The Hall–Kier alpha value is -1.36. The largest absolute Gasteiger partial charge is 0.507 e. The molecule has 0 saturated heterocycles. The normalized spacial score (nSPS) is 23.0. The highest BCUT2D eigenvalue weighted by atomic mass is 32.2. The SMILES string of the molecule is CSC1CCCCC1NC(=O)c1c(O)cccc1O. The number of phenolic OH excluding ortho intramolecular Hbond substituents is 2. The van der Waals surface area contributed by atoms with E-state index in [1.165, 1.54) is 24.6 Å². The molecule has 0 bridgehead atoms. The molecule has 1 aromatic carbocycles. The molecule has 1 fully saturated rings. The molecule has 0 radical (unpaired) electrons. The summed E-state index contributed by atoms with van der Waals surface area (Å²) in [4.78, 5) is 12.2. The van der Waals surface area contributed by atoms with Crippen molar-refractivity contribution in [2.75, 3.05) is 6.26 Å². The Balaban J connectivity index is 2.12. The fraction of sp³-hybridized carbons (Fsp3) is 0.500. The van der Waals surface area contributed by atoms with Gasteiger partial charge in [-0.15, -0.1) is 0 Å². The number of phenols is 2. The van der Waals surface area contributed by atoms with E-state index in [1.54, 1.807) is 11.8 Å². The second kappa shape index (κ2) is 6.19. The molecule has 0 heterocycles. The fourth-order valence-electron chi connectivity index (χ4n) is 2.55. The lowest BCUT2D eigenvalue weighted by Crippen LogP contribution is -2.43. The summed E-state index contributed by atoms with van der Waals surface area (Å²) in [6, 6.07) is 4.42. The summed E-state index contributed by atoms with van der Waals surface area (Å²) in [6.07, 6.45) is 6.39. The Morgan fingerprint density at radius 2 is 1.89 bits per heavy atom. The van der Waals surface area contributed by atoms with Gasteiger partial charge in [0.05, 0.1) is 0 Å². The van der Waals surface area contributed by atoms with E-state index in [4.69, 9.17) is 0 Å². The lowest BCUT2D eigenvalue weighted by molar-refractivity contribution is 0.0924. The Morgan fingerprint density at radius 3 is 2.53 bits per heavy atom. The molecule has 5 heteroatoms. The number of amides is 1. The second-order valence-corrected chi connectivity index (χ2v) is 5.89. The van der Waals surface area contributed by atoms with Crippen molar-refractivity contribution in [1.29, 1.82) is 0 Å². The van der Waals surface area contributed by atoms with Gasteiger partial charge in [0.2, 0.25) is 0 Å². The van der Waals surface area contributed by atoms with Gasteiger partial charge in [-0.2, -0.15) is 11.8 Å². The quantitative estimate of drug-likeness (QED) is 0.796. The van der Waals surface area contributed by atoms with Crippen LogP contribution < -0.4 is 5.32 Å². The third kappa shape index (κ3) is 3.15. The van der Waals surface area contributed by atoms with E-state index in [9.17, 15) is 15.0 Å². The molecule has 2 unspecified atom stereocenters. The minimum atomic E-state index is -0.401. The molecular formula is C14H19NO3S. The molecule has 4 nitrogen and oxygen atoms in total. The topological polar surface area (TPSA) is 69.6 Å². The van der Waals surface area contributed by atoms with Crippen LogP contribution in [0.2, 0.25) is 0 Å². The molecule has 1 aromatic rings. The first-order valence-corrected chi connectivity index (χ1v) is 7.77. The van der Waals surface area contributed by atoms with Gasteiger partial charge in [0, 0.05) is 11.3 Å². The summed E-state index contributed by atoms with van der Waals surface area (Å²) in [6.45, 7) is 0. The highest BCUT2D eigenvalue weighted by molar-refractivity contribution is 7.99. The van der Waals surface area contributed by atoms with Gasteiger partial charge in [-0.1, -0.05) is 18.9 Å². The van der Waals surface area contributed by atoms with E-state index in [-0.39, 0.29) is 23.1 Å². The highest BCUT2D eigenvalue weighted by Crippen LogP contribution is 2.29. The second-order valence-electron chi connectivity index (χ2n) is 4.81. The van der Waals surface area contributed by atoms with Crippen molar-refractivity contribution in [2.45, 2.75) is 37.0 Å². The van der Waals surface area contributed by atoms with Crippen LogP contribution in [0.5, 0.6) is 11.5 Å². The summed E-state index contributed by atoms with van der Waals surface area (Å²) >= 11 is 1.76. The van der Waals surface area contributed by atoms with E-state index in [2.05, 4.69) is 5.32 Å². The van der Waals surface area contributed by atoms with Crippen molar-refractivity contribution in [3.63, 3.8) is 0 Å². The maximum atomic E-state index is 12.2. The zero-order valence-electron chi connectivity index (χ0n) is 10.9. The van der Waals surface area contributed by atoms with Crippen LogP contribution in [0.15, 0.2) is 18.2 Å². The molecule has 3 N–H and O–H groups in total. The van der Waals surface area contributed by atoms with Crippen molar-refractivity contribution < 1.29 is 15.0 Å². The van der Waals surface area contributed by atoms with Gasteiger partial charge in [-0.05, 0) is 31.2 Å². The molecule has 1 amide bonds. The predicted molar refractivity (Wildman–Crippen MR) is 76.8 cm³/mol. The first kappa shape index (κ1) is 14.1. The number of benzene rings is 1. The number of thioether (sulfide) groups is 1. The molecule has 1 aliphatic carbocycles. The van der Waals surface area contributed by atoms with Crippen LogP contribution in [0.25, 0.3) is 0 Å². The van der Waals surface area contributed by atoms with E-state index in [1.807, 2.05) is 6.26 Å². The number of rotatable bonds is 3. The molecule has 1 saturated carbocycles. The average Bonchev–Trinajstić information content (AvgIpc) is 2.39. The van der Waals surface area contributed by atoms with Gasteiger partial charge >= 0.3 is 0 Å². The number of carbonyl (C=O) groups is 1. The summed E-state index contributed by atoms with van der Waals surface area (Å²) in [5, 5.41) is 22.7. The van der Waals surface area contributed by atoms with Crippen LogP contribution in [0.4, 0.5) is 0 Å². The van der Waals surface area contributed by atoms with Crippen molar-refractivity contribution in [3.8, 4) is 11.5 Å². The Bertz CT molecular complexity index is 444. The summed E-state index contributed by atoms with van der Waals surface area (Å²) in [5.41, 5.74) is -0.0343. The molecule has 0 aromatic heterocycles. The number of hydrogen-bond acceptors (Lipinski definition) is 4. The highest BCUT2D eigenvalue weighted by Gasteiger charge is 2.27. The van der Waals surface area contributed by atoms with Crippen LogP contribution in [0, 0.1) is 0 Å². The maximum Gasteiger partial charge on any atom is 0.259 e. The van der Waals surface area contributed by atoms with E-state index in [0.29, 0.717) is 5.25 Å². The monoisotopic (exact) mass is 281 g/mol. The standard InChI is InChI=1S/C14H19NO3S/c1-19-12-8-3-2-5-9(12)15-14(18)13-10(16)6-4-7-11(13)17/h4,6-7,9,12,16-17H,2-3,5,8H2,1H3,(H,15,18). The first-order valence-electron chi connectivity index (χ1n) is 6.48. The van der Waals surface area contributed by atoms with E-state index < -0.39 is 5.91 Å². The summed E-state index contributed by atoms with van der Waals surface area (Å²) < 4.78 is 0. The average molecular weight is 281 g/mol. The Morgan fingerprint density at radius 1 is 1.26 bits per heavy atom. The van der Waals surface area contributed by atoms with E-state index >= 15 is 0 Å². The third-order valence-corrected chi connectivity index (χ3v) is 4.74. The van der Waals surface area contributed by atoms with Gasteiger partial charge in [0.1, 0.15) is 17.1 Å². The lowest BCUT2D eigenvalue weighted by atomic mass is 9.94. The number of aromatic hydroxyl groups is 2. The molecular weight excluding hydrogens is 262 g/mol. The molecule has 19 heavy (non-hydrogen) atoms. The predicted octanol–water partition coefficient (Wildman–Crippen LogP) is 2.50. The van der Waals surface area contributed by atoms with Gasteiger partial charge < -0.3 is 15.5 Å². The van der Waals surface area contributed by atoms with Crippen LogP contribution in [-0.2, 0) is 0 Å². The molecule has 1 aliphatic rings. The number of carbonyl (C=O) groups excluding carboxylic acids is 1. The molecule has 104 valence electrons. The molecule has 0 aliphatic heterocycles. The number of hydrogen-bond donors (Lipinski definition) is 3. The smallest absolute Gasteiger partial charge is 0.259 e. The van der Waals surface area contributed by atoms with Crippen molar-refractivity contribution in [2.24, 2.45) is 0 Å². The molecule has 2 rings (SSSR count). The van der Waals surface area contributed by atoms with Crippen molar-refractivity contribution >= 4 is 17.7 Å². The zero-order valence-corrected chi connectivity index (χ0v) is 11.7. The molecule has 0 spiro atoms. The van der Waals surface area contributed by atoms with Crippen LogP contribution in [-0.4, -0.2) is 33.7 Å².